The third-order valence-electron chi connectivity index (χ3n) is 3.48. The second-order valence-electron chi connectivity index (χ2n) is 6.02. The van der Waals surface area contributed by atoms with Gasteiger partial charge >= 0.3 is 0 Å². The van der Waals surface area contributed by atoms with E-state index in [0.717, 1.165) is 10.6 Å². The monoisotopic (exact) mass is 374 g/mol. The maximum absolute atomic E-state index is 13.1. The van der Waals surface area contributed by atoms with Gasteiger partial charge in [-0.25, -0.2) is 12.8 Å². The van der Waals surface area contributed by atoms with Crippen molar-refractivity contribution in [3.63, 3.8) is 0 Å². The van der Waals surface area contributed by atoms with E-state index in [1.165, 1.54) is 24.3 Å². The highest BCUT2D eigenvalue weighted by molar-refractivity contribution is 7.92. The van der Waals surface area contributed by atoms with E-state index in [9.17, 15) is 17.6 Å². The number of hydrogen-bond donors (Lipinski definition) is 1. The predicted molar refractivity (Wildman–Crippen MR) is 96.5 cm³/mol. The molecule has 142 valence electrons. The fourth-order valence-corrected chi connectivity index (χ4v) is 3.58. The Morgan fingerprint density at radius 2 is 1.88 bits per heavy atom. The molecular formula is C17H27FN2O4S. The van der Waals surface area contributed by atoms with E-state index in [2.05, 4.69) is 5.32 Å². The molecule has 0 heterocycles. The third kappa shape index (κ3) is 6.99. The minimum absolute atomic E-state index is 0.123. The molecule has 0 aliphatic heterocycles. The van der Waals surface area contributed by atoms with E-state index < -0.39 is 21.9 Å². The molecule has 0 saturated heterocycles. The molecule has 1 aromatic rings. The lowest BCUT2D eigenvalue weighted by molar-refractivity contribution is -0.122. The van der Waals surface area contributed by atoms with Crippen molar-refractivity contribution in [3.8, 4) is 0 Å². The summed E-state index contributed by atoms with van der Waals surface area (Å²) in [6, 6.07) is 4.14. The van der Waals surface area contributed by atoms with Crippen molar-refractivity contribution < 1.29 is 22.3 Å². The highest BCUT2D eigenvalue weighted by Crippen LogP contribution is 2.22. The van der Waals surface area contributed by atoms with Crippen molar-refractivity contribution in [2.45, 2.75) is 45.8 Å². The topological polar surface area (TPSA) is 75.7 Å². The average molecular weight is 374 g/mol. The molecule has 0 fully saturated rings. The van der Waals surface area contributed by atoms with Gasteiger partial charge in [-0.15, -0.1) is 0 Å². The fraction of sp³-hybridized carbons (Fsp3) is 0.588. The number of rotatable bonds is 10. The van der Waals surface area contributed by atoms with E-state index in [1.54, 1.807) is 6.92 Å². The fourth-order valence-electron chi connectivity index (χ4n) is 2.37. The lowest BCUT2D eigenvalue weighted by Gasteiger charge is -2.30. The van der Waals surface area contributed by atoms with Crippen molar-refractivity contribution in [2.75, 3.05) is 23.7 Å². The molecule has 1 aromatic carbocycles. The number of nitrogens with one attached hydrogen (secondary N) is 1. The second kappa shape index (κ2) is 9.72. The van der Waals surface area contributed by atoms with Crippen LogP contribution in [0.5, 0.6) is 0 Å². The van der Waals surface area contributed by atoms with Crippen molar-refractivity contribution in [2.24, 2.45) is 0 Å². The Hall–Kier alpha value is -1.67. The van der Waals surface area contributed by atoms with Crippen molar-refractivity contribution in [3.05, 3.63) is 30.1 Å². The number of carbonyl (C=O) groups is 1. The molecule has 0 aliphatic carbocycles. The number of anilines is 1. The summed E-state index contributed by atoms with van der Waals surface area (Å²) in [6.45, 7) is 6.50. The molecule has 8 heteroatoms. The number of carbonyl (C=O) groups excluding carboxylic acids is 1. The lowest BCUT2D eigenvalue weighted by Crippen LogP contribution is -2.49. The van der Waals surface area contributed by atoms with Gasteiger partial charge < -0.3 is 10.1 Å². The quantitative estimate of drug-likeness (QED) is 0.638. The average Bonchev–Trinajstić information content (AvgIpc) is 2.51. The molecule has 0 aromatic heterocycles. The molecule has 6 nitrogen and oxygen atoms in total. The van der Waals surface area contributed by atoms with Gasteiger partial charge in [-0.3, -0.25) is 9.10 Å². The Morgan fingerprint density at radius 3 is 2.36 bits per heavy atom. The SMILES string of the molecule is CC[C@@H](C(=O)NCCCOC(C)C)N(c1ccc(F)cc1)S(C)(=O)=O. The number of sulfonamides is 1. The first-order valence-electron chi connectivity index (χ1n) is 8.31. The Labute approximate surface area is 149 Å². The van der Waals surface area contributed by atoms with E-state index in [-0.39, 0.29) is 17.7 Å². The molecule has 0 aliphatic rings. The number of hydrogen-bond acceptors (Lipinski definition) is 4. The highest BCUT2D eigenvalue weighted by Gasteiger charge is 2.31. The Bertz CT molecular complexity index is 647. The summed E-state index contributed by atoms with van der Waals surface area (Å²) in [5.74, 6) is -0.860. The minimum atomic E-state index is -3.71. The normalized spacial score (nSPS) is 12.9. The van der Waals surface area contributed by atoms with Crippen LogP contribution in [-0.4, -0.2) is 45.9 Å². The Kier molecular flexibility index (Phi) is 8.31. The van der Waals surface area contributed by atoms with Gasteiger partial charge in [0.25, 0.3) is 0 Å². The number of nitrogens with zero attached hydrogens (tertiary/aromatic N) is 1. The standard InChI is InChI=1S/C17H27FN2O4S/c1-5-16(17(21)19-11-6-12-24-13(2)3)20(25(4,22)23)15-9-7-14(18)8-10-15/h7-10,13,16H,5-6,11-12H2,1-4H3,(H,19,21)/t16-/m0/s1. The smallest absolute Gasteiger partial charge is 0.243 e. The van der Waals surface area contributed by atoms with Crippen LogP contribution in [0.3, 0.4) is 0 Å². The van der Waals surface area contributed by atoms with Crippen molar-refractivity contribution >= 4 is 21.6 Å². The van der Waals surface area contributed by atoms with Crippen LogP contribution >= 0.6 is 0 Å². The van der Waals surface area contributed by atoms with Crippen LogP contribution in [0.15, 0.2) is 24.3 Å². The van der Waals surface area contributed by atoms with Gasteiger partial charge in [0.15, 0.2) is 0 Å². The summed E-state index contributed by atoms with van der Waals surface area (Å²) < 4.78 is 44.0. The largest absolute Gasteiger partial charge is 0.379 e. The summed E-state index contributed by atoms with van der Waals surface area (Å²) in [4.78, 5) is 12.5. The highest BCUT2D eigenvalue weighted by atomic mass is 32.2. The van der Waals surface area contributed by atoms with Crippen molar-refractivity contribution in [1.82, 2.24) is 5.32 Å². The zero-order valence-electron chi connectivity index (χ0n) is 15.2. The molecule has 1 rings (SSSR count). The van der Waals surface area contributed by atoms with Gasteiger partial charge in [0, 0.05) is 13.2 Å². The second-order valence-corrected chi connectivity index (χ2v) is 7.88. The Balaban J connectivity index is 2.84. The number of ether oxygens (including phenoxy) is 1. The van der Waals surface area contributed by atoms with Crippen LogP contribution in [0.4, 0.5) is 10.1 Å². The van der Waals surface area contributed by atoms with E-state index >= 15 is 0 Å². The van der Waals surface area contributed by atoms with Crippen LogP contribution in [0.1, 0.15) is 33.6 Å². The first-order valence-corrected chi connectivity index (χ1v) is 10.2. The molecule has 25 heavy (non-hydrogen) atoms. The number of amides is 1. The molecule has 1 amide bonds. The maximum Gasteiger partial charge on any atom is 0.243 e. The molecule has 0 unspecified atom stereocenters. The zero-order valence-corrected chi connectivity index (χ0v) is 16.0. The molecule has 0 radical (unpaired) electrons. The molecule has 0 spiro atoms. The molecule has 1 N–H and O–H groups in total. The predicted octanol–water partition coefficient (Wildman–Crippen LogP) is 2.30. The van der Waals surface area contributed by atoms with E-state index in [4.69, 9.17) is 4.74 Å². The van der Waals surface area contributed by atoms with Gasteiger partial charge in [-0.2, -0.15) is 0 Å². The van der Waals surface area contributed by atoms with Gasteiger partial charge in [0.05, 0.1) is 18.0 Å². The van der Waals surface area contributed by atoms with Crippen LogP contribution in [-0.2, 0) is 19.6 Å². The van der Waals surface area contributed by atoms with Crippen LogP contribution in [0, 0.1) is 5.82 Å². The van der Waals surface area contributed by atoms with Gasteiger partial charge in [-0.05, 0) is 51.0 Å². The van der Waals surface area contributed by atoms with Crippen LogP contribution < -0.4 is 9.62 Å². The number of halogens is 1. The minimum Gasteiger partial charge on any atom is -0.379 e. The maximum atomic E-state index is 13.1. The zero-order chi connectivity index (χ0) is 19.0. The summed E-state index contributed by atoms with van der Waals surface area (Å²) in [6.07, 6.45) is 2.08. The van der Waals surface area contributed by atoms with Crippen molar-refractivity contribution in [1.29, 1.82) is 0 Å². The Morgan fingerprint density at radius 1 is 1.28 bits per heavy atom. The van der Waals surface area contributed by atoms with E-state index in [0.29, 0.717) is 26.0 Å². The summed E-state index contributed by atoms with van der Waals surface area (Å²) in [5.41, 5.74) is 0.258. The molecule has 0 bridgehead atoms. The number of benzene rings is 1. The first-order chi connectivity index (χ1) is 11.7. The summed E-state index contributed by atoms with van der Waals surface area (Å²) in [5, 5.41) is 2.74. The molecule has 1 atom stereocenters. The van der Waals surface area contributed by atoms with Gasteiger partial charge in [0.2, 0.25) is 15.9 Å². The van der Waals surface area contributed by atoms with Crippen LogP contribution in [0.2, 0.25) is 0 Å². The molecule has 0 saturated carbocycles. The van der Waals surface area contributed by atoms with E-state index in [1.807, 2.05) is 13.8 Å². The summed E-state index contributed by atoms with van der Waals surface area (Å²) >= 11 is 0. The first kappa shape index (κ1) is 21.4. The third-order valence-corrected chi connectivity index (χ3v) is 4.66. The summed E-state index contributed by atoms with van der Waals surface area (Å²) in [7, 11) is -3.71. The lowest BCUT2D eigenvalue weighted by atomic mass is 10.2. The van der Waals surface area contributed by atoms with Gasteiger partial charge in [-0.1, -0.05) is 6.92 Å². The molecular weight excluding hydrogens is 347 g/mol. The van der Waals surface area contributed by atoms with Gasteiger partial charge in [0.1, 0.15) is 11.9 Å². The van der Waals surface area contributed by atoms with Crippen LogP contribution in [0.25, 0.3) is 0 Å².